The number of amides is 1. The Morgan fingerprint density at radius 1 is 1.56 bits per heavy atom. The Labute approximate surface area is 97.1 Å². The smallest absolute Gasteiger partial charge is 0.264 e. The minimum Gasteiger partial charge on any atom is -0.333 e. The zero-order chi connectivity index (χ0) is 11.5. The number of rotatable bonds is 3. The molecule has 16 heavy (non-hydrogen) atoms. The Kier molecular flexibility index (Phi) is 3.00. The molecule has 0 fully saturated rings. The summed E-state index contributed by atoms with van der Waals surface area (Å²) in [4.78, 5) is 19.4. The predicted octanol–water partition coefficient (Wildman–Crippen LogP) is 1.45. The topological polar surface area (TPSA) is 61.9 Å². The fourth-order valence-electron chi connectivity index (χ4n) is 1.34. The van der Waals surface area contributed by atoms with E-state index in [1.165, 1.54) is 17.7 Å². The Morgan fingerprint density at radius 3 is 2.94 bits per heavy atom. The number of carbonyl (C=O) groups excluding carboxylic acids is 1. The third-order valence-electron chi connectivity index (χ3n) is 2.15. The molecule has 5 nitrogen and oxygen atoms in total. The van der Waals surface area contributed by atoms with Crippen LogP contribution in [-0.4, -0.2) is 33.0 Å². The van der Waals surface area contributed by atoms with Crippen LogP contribution < -0.4 is 0 Å². The maximum atomic E-state index is 12.0. The van der Waals surface area contributed by atoms with E-state index in [2.05, 4.69) is 15.2 Å². The van der Waals surface area contributed by atoms with Crippen molar-refractivity contribution in [1.29, 1.82) is 0 Å². The monoisotopic (exact) mass is 236 g/mol. The van der Waals surface area contributed by atoms with Crippen molar-refractivity contribution in [3.63, 3.8) is 0 Å². The number of nitrogens with zero attached hydrogens (tertiary/aromatic N) is 3. The third kappa shape index (κ3) is 2.27. The number of aryl methyl sites for hydroxylation is 1. The minimum atomic E-state index is 0.00880. The van der Waals surface area contributed by atoms with E-state index in [1.54, 1.807) is 11.9 Å². The molecular weight excluding hydrogens is 224 g/mol. The molecule has 2 aromatic heterocycles. The summed E-state index contributed by atoms with van der Waals surface area (Å²) in [5.41, 5.74) is 0. The maximum absolute atomic E-state index is 12.0. The van der Waals surface area contributed by atoms with Crippen molar-refractivity contribution in [2.45, 2.75) is 13.5 Å². The lowest BCUT2D eigenvalue weighted by atomic mass is 10.4. The summed E-state index contributed by atoms with van der Waals surface area (Å²) in [6, 6.07) is 3.79. The van der Waals surface area contributed by atoms with Gasteiger partial charge in [-0.3, -0.25) is 9.89 Å². The first-order chi connectivity index (χ1) is 7.66. The van der Waals surface area contributed by atoms with Gasteiger partial charge in [0, 0.05) is 11.9 Å². The highest BCUT2D eigenvalue weighted by Crippen LogP contribution is 2.17. The fourth-order valence-corrected chi connectivity index (χ4v) is 2.20. The van der Waals surface area contributed by atoms with Crippen molar-refractivity contribution >= 4 is 17.2 Å². The number of thiophene rings is 1. The highest BCUT2D eigenvalue weighted by atomic mass is 32.1. The highest BCUT2D eigenvalue weighted by Gasteiger charge is 2.14. The maximum Gasteiger partial charge on any atom is 0.264 e. The van der Waals surface area contributed by atoms with Crippen LogP contribution in [0.15, 0.2) is 18.5 Å². The van der Waals surface area contributed by atoms with Crippen molar-refractivity contribution in [3.8, 4) is 0 Å². The second-order valence-electron chi connectivity index (χ2n) is 3.50. The average Bonchev–Trinajstić information content (AvgIpc) is 2.88. The van der Waals surface area contributed by atoms with Crippen LogP contribution in [0.2, 0.25) is 0 Å². The highest BCUT2D eigenvalue weighted by molar-refractivity contribution is 7.13. The van der Waals surface area contributed by atoms with Crippen LogP contribution in [0, 0.1) is 6.92 Å². The van der Waals surface area contributed by atoms with Gasteiger partial charge in [0.2, 0.25) is 0 Å². The van der Waals surface area contributed by atoms with Crippen LogP contribution in [0.25, 0.3) is 0 Å². The Balaban J connectivity index is 2.05. The summed E-state index contributed by atoms with van der Waals surface area (Å²) in [6.45, 7) is 2.42. The van der Waals surface area contributed by atoms with E-state index in [1.807, 2.05) is 19.1 Å². The molecule has 0 radical (unpaired) electrons. The van der Waals surface area contributed by atoms with Crippen LogP contribution in [0.5, 0.6) is 0 Å². The first-order valence-electron chi connectivity index (χ1n) is 4.83. The van der Waals surface area contributed by atoms with Gasteiger partial charge in [0.25, 0.3) is 5.91 Å². The molecule has 0 aliphatic heterocycles. The van der Waals surface area contributed by atoms with E-state index in [0.717, 1.165) is 9.75 Å². The molecule has 6 heteroatoms. The van der Waals surface area contributed by atoms with Crippen LogP contribution in [-0.2, 0) is 6.54 Å². The minimum absolute atomic E-state index is 0.00880. The van der Waals surface area contributed by atoms with Crippen LogP contribution >= 0.6 is 11.3 Å². The number of hydrogen-bond donors (Lipinski definition) is 1. The Bertz CT molecular complexity index is 477. The molecule has 0 spiro atoms. The van der Waals surface area contributed by atoms with Crippen molar-refractivity contribution in [3.05, 3.63) is 34.0 Å². The van der Waals surface area contributed by atoms with Gasteiger partial charge in [-0.2, -0.15) is 5.10 Å². The van der Waals surface area contributed by atoms with Gasteiger partial charge in [0.1, 0.15) is 12.2 Å². The summed E-state index contributed by atoms with van der Waals surface area (Å²) in [5.74, 6) is 0.693. The molecule has 0 atom stereocenters. The molecule has 2 aromatic rings. The van der Waals surface area contributed by atoms with E-state index in [0.29, 0.717) is 12.4 Å². The quantitative estimate of drug-likeness (QED) is 0.877. The standard InChI is InChI=1S/C10H12N4OS/c1-7-3-4-8(16-7)10(15)14(2)5-9-11-6-12-13-9/h3-4,6H,5H2,1-2H3,(H,11,12,13). The molecule has 2 heterocycles. The van der Waals surface area contributed by atoms with Gasteiger partial charge in [-0.15, -0.1) is 11.3 Å². The summed E-state index contributed by atoms with van der Waals surface area (Å²) < 4.78 is 0. The lowest BCUT2D eigenvalue weighted by molar-refractivity contribution is 0.0786. The van der Waals surface area contributed by atoms with E-state index < -0.39 is 0 Å². The van der Waals surface area contributed by atoms with E-state index in [4.69, 9.17) is 0 Å². The molecule has 1 amide bonds. The molecule has 1 N–H and O–H groups in total. The van der Waals surface area contributed by atoms with Gasteiger partial charge in [0.15, 0.2) is 0 Å². The molecule has 0 unspecified atom stereocenters. The van der Waals surface area contributed by atoms with Gasteiger partial charge in [0.05, 0.1) is 11.4 Å². The molecule has 0 aliphatic rings. The van der Waals surface area contributed by atoms with Crippen molar-refractivity contribution in [2.24, 2.45) is 0 Å². The molecule has 2 rings (SSSR count). The van der Waals surface area contributed by atoms with Crippen LogP contribution in [0.4, 0.5) is 0 Å². The van der Waals surface area contributed by atoms with Crippen LogP contribution in [0.1, 0.15) is 20.4 Å². The van der Waals surface area contributed by atoms with E-state index in [9.17, 15) is 4.79 Å². The number of hydrogen-bond acceptors (Lipinski definition) is 4. The molecule has 0 saturated heterocycles. The van der Waals surface area contributed by atoms with Crippen molar-refractivity contribution in [1.82, 2.24) is 20.1 Å². The summed E-state index contributed by atoms with van der Waals surface area (Å²) in [7, 11) is 1.75. The van der Waals surface area contributed by atoms with Gasteiger partial charge in [-0.05, 0) is 19.1 Å². The summed E-state index contributed by atoms with van der Waals surface area (Å²) >= 11 is 1.50. The first kappa shape index (κ1) is 10.8. The molecule has 0 bridgehead atoms. The SMILES string of the molecule is Cc1ccc(C(=O)N(C)Cc2ncn[nH]2)s1. The fraction of sp³-hybridized carbons (Fsp3) is 0.300. The van der Waals surface area contributed by atoms with Gasteiger partial charge in [-0.1, -0.05) is 0 Å². The lowest BCUT2D eigenvalue weighted by Gasteiger charge is -2.13. The normalized spacial score (nSPS) is 10.4. The van der Waals surface area contributed by atoms with Crippen LogP contribution in [0.3, 0.4) is 0 Å². The molecule has 0 saturated carbocycles. The Hall–Kier alpha value is -1.69. The Morgan fingerprint density at radius 2 is 2.38 bits per heavy atom. The zero-order valence-corrected chi connectivity index (χ0v) is 9.91. The van der Waals surface area contributed by atoms with Crippen molar-refractivity contribution in [2.75, 3.05) is 7.05 Å². The number of carbonyl (C=O) groups is 1. The second kappa shape index (κ2) is 4.44. The molecule has 0 aliphatic carbocycles. The first-order valence-corrected chi connectivity index (χ1v) is 5.64. The molecule has 0 aromatic carbocycles. The average molecular weight is 236 g/mol. The van der Waals surface area contributed by atoms with E-state index in [-0.39, 0.29) is 5.91 Å². The molecular formula is C10H12N4OS. The third-order valence-corrected chi connectivity index (χ3v) is 3.14. The number of aromatic nitrogens is 3. The van der Waals surface area contributed by atoms with Crippen molar-refractivity contribution < 1.29 is 4.79 Å². The predicted molar refractivity (Wildman–Crippen MR) is 61.2 cm³/mol. The number of H-pyrrole nitrogens is 1. The van der Waals surface area contributed by atoms with E-state index >= 15 is 0 Å². The largest absolute Gasteiger partial charge is 0.333 e. The zero-order valence-electron chi connectivity index (χ0n) is 9.10. The number of aromatic amines is 1. The van der Waals surface area contributed by atoms with Gasteiger partial charge in [-0.25, -0.2) is 4.98 Å². The van der Waals surface area contributed by atoms with Gasteiger partial charge < -0.3 is 4.90 Å². The molecule has 84 valence electrons. The second-order valence-corrected chi connectivity index (χ2v) is 4.79. The number of nitrogens with one attached hydrogen (secondary N) is 1. The van der Waals surface area contributed by atoms with Gasteiger partial charge >= 0.3 is 0 Å². The lowest BCUT2D eigenvalue weighted by Crippen LogP contribution is -2.25. The summed E-state index contributed by atoms with van der Waals surface area (Å²) in [5, 5.41) is 6.47. The summed E-state index contributed by atoms with van der Waals surface area (Å²) in [6.07, 6.45) is 1.43.